The second-order valence-electron chi connectivity index (χ2n) is 4.62. The van der Waals surface area contributed by atoms with Gasteiger partial charge in [-0.15, -0.1) is 0 Å². The lowest BCUT2D eigenvalue weighted by atomic mass is 10.0. The molecular weight excluding hydrogens is 228 g/mol. The molecule has 1 aromatic carbocycles. The van der Waals surface area contributed by atoms with Gasteiger partial charge in [0.2, 0.25) is 5.88 Å². The summed E-state index contributed by atoms with van der Waals surface area (Å²) in [7, 11) is 4.20. The number of nitrogen functional groups attached to an aromatic ring is 1. The van der Waals surface area contributed by atoms with Crippen LogP contribution in [0.15, 0.2) is 28.9 Å². The van der Waals surface area contributed by atoms with Gasteiger partial charge in [-0.2, -0.15) is 0 Å². The van der Waals surface area contributed by atoms with Crippen molar-refractivity contribution in [2.75, 3.05) is 42.7 Å². The van der Waals surface area contributed by atoms with Crippen LogP contribution in [0.1, 0.15) is 0 Å². The zero-order chi connectivity index (χ0) is 12.7. The Morgan fingerprint density at radius 3 is 2.67 bits per heavy atom. The summed E-state index contributed by atoms with van der Waals surface area (Å²) in [5.74, 6) is 0.366. The van der Waals surface area contributed by atoms with Gasteiger partial charge < -0.3 is 20.1 Å². The molecule has 0 fully saturated rings. The van der Waals surface area contributed by atoms with Gasteiger partial charge in [0.1, 0.15) is 0 Å². The molecule has 1 aliphatic heterocycles. The molecule has 0 amide bonds. The SMILES string of the molecule is CN1CCN(C)c2c(-c3cnoc3N)cccc21. The number of hydrogen-bond donors (Lipinski definition) is 1. The van der Waals surface area contributed by atoms with Crippen LogP contribution in [0.2, 0.25) is 0 Å². The van der Waals surface area contributed by atoms with E-state index in [0.717, 1.165) is 24.2 Å². The van der Waals surface area contributed by atoms with Gasteiger partial charge in [-0.25, -0.2) is 0 Å². The van der Waals surface area contributed by atoms with Crippen molar-refractivity contribution in [2.45, 2.75) is 0 Å². The summed E-state index contributed by atoms with van der Waals surface area (Å²) in [4.78, 5) is 4.50. The lowest BCUT2D eigenvalue weighted by molar-refractivity contribution is 0.436. The molecule has 0 bridgehead atoms. The van der Waals surface area contributed by atoms with E-state index in [2.05, 4.69) is 41.2 Å². The van der Waals surface area contributed by atoms with Crippen LogP contribution in [0, 0.1) is 0 Å². The number of rotatable bonds is 1. The molecule has 0 saturated carbocycles. The summed E-state index contributed by atoms with van der Waals surface area (Å²) in [6.45, 7) is 2.01. The first kappa shape index (κ1) is 11.0. The highest BCUT2D eigenvalue weighted by atomic mass is 16.5. The maximum Gasteiger partial charge on any atom is 0.230 e. The average Bonchev–Trinajstić information content (AvgIpc) is 2.79. The van der Waals surface area contributed by atoms with Gasteiger partial charge in [-0.3, -0.25) is 0 Å². The second kappa shape index (κ2) is 3.94. The third-order valence-corrected chi connectivity index (χ3v) is 3.47. The molecule has 0 saturated heterocycles. The van der Waals surface area contributed by atoms with E-state index in [0.29, 0.717) is 5.88 Å². The molecule has 2 heterocycles. The molecule has 3 rings (SSSR count). The van der Waals surface area contributed by atoms with Crippen LogP contribution in [0.5, 0.6) is 0 Å². The minimum atomic E-state index is 0.366. The van der Waals surface area contributed by atoms with Crippen LogP contribution in [0.3, 0.4) is 0 Å². The summed E-state index contributed by atoms with van der Waals surface area (Å²) < 4.78 is 4.97. The molecule has 1 aliphatic rings. The molecule has 0 radical (unpaired) electrons. The van der Waals surface area contributed by atoms with Crippen molar-refractivity contribution in [1.29, 1.82) is 0 Å². The largest absolute Gasteiger partial charge is 0.371 e. The van der Waals surface area contributed by atoms with Crippen LogP contribution in [0.25, 0.3) is 11.1 Å². The number of aromatic nitrogens is 1. The summed E-state index contributed by atoms with van der Waals surface area (Å²) in [5, 5.41) is 3.76. The highest BCUT2D eigenvalue weighted by Gasteiger charge is 2.23. The lowest BCUT2D eigenvalue weighted by Crippen LogP contribution is -2.37. The first-order valence-corrected chi connectivity index (χ1v) is 5.94. The standard InChI is InChI=1S/C13H16N4O/c1-16-6-7-17(2)12-9(4-3-5-11(12)16)10-8-15-18-13(10)14/h3-5,8H,6-7,14H2,1-2H3. The highest BCUT2D eigenvalue weighted by molar-refractivity contribution is 5.91. The van der Waals surface area contributed by atoms with Crippen molar-refractivity contribution < 1.29 is 4.52 Å². The fourth-order valence-electron chi connectivity index (χ4n) is 2.44. The van der Waals surface area contributed by atoms with Gasteiger partial charge in [0, 0.05) is 32.7 Å². The van der Waals surface area contributed by atoms with E-state index in [1.807, 2.05) is 6.07 Å². The second-order valence-corrected chi connectivity index (χ2v) is 4.62. The topological polar surface area (TPSA) is 58.5 Å². The Hall–Kier alpha value is -2.17. The zero-order valence-electron chi connectivity index (χ0n) is 10.6. The smallest absolute Gasteiger partial charge is 0.230 e. The maximum absolute atomic E-state index is 5.82. The number of likely N-dealkylation sites (N-methyl/N-ethyl adjacent to an activating group) is 2. The van der Waals surface area contributed by atoms with Crippen LogP contribution in [0.4, 0.5) is 17.3 Å². The van der Waals surface area contributed by atoms with E-state index in [1.54, 1.807) is 6.20 Å². The maximum atomic E-state index is 5.82. The van der Waals surface area contributed by atoms with Gasteiger partial charge in [0.05, 0.1) is 23.1 Å². The fraction of sp³-hybridized carbons (Fsp3) is 0.308. The zero-order valence-corrected chi connectivity index (χ0v) is 10.6. The third-order valence-electron chi connectivity index (χ3n) is 3.47. The fourth-order valence-corrected chi connectivity index (χ4v) is 2.44. The Bertz CT molecular complexity index is 578. The van der Waals surface area contributed by atoms with E-state index < -0.39 is 0 Å². The van der Waals surface area contributed by atoms with Crippen molar-refractivity contribution >= 4 is 17.3 Å². The van der Waals surface area contributed by atoms with Gasteiger partial charge >= 0.3 is 0 Å². The van der Waals surface area contributed by atoms with Gasteiger partial charge in [0.25, 0.3) is 0 Å². The Morgan fingerprint density at radius 2 is 1.94 bits per heavy atom. The highest BCUT2D eigenvalue weighted by Crippen LogP contribution is 2.41. The molecule has 5 heteroatoms. The quantitative estimate of drug-likeness (QED) is 0.829. The monoisotopic (exact) mass is 244 g/mol. The summed E-state index contributed by atoms with van der Waals surface area (Å²) >= 11 is 0. The minimum Gasteiger partial charge on any atom is -0.371 e. The minimum absolute atomic E-state index is 0.366. The van der Waals surface area contributed by atoms with E-state index >= 15 is 0 Å². The molecule has 0 spiro atoms. The number of fused-ring (bicyclic) bond motifs is 1. The van der Waals surface area contributed by atoms with Crippen molar-refractivity contribution in [1.82, 2.24) is 5.16 Å². The molecule has 5 nitrogen and oxygen atoms in total. The average molecular weight is 244 g/mol. The number of para-hydroxylation sites is 1. The third kappa shape index (κ3) is 1.51. The van der Waals surface area contributed by atoms with Crippen molar-refractivity contribution in [2.24, 2.45) is 0 Å². The van der Waals surface area contributed by atoms with Crippen molar-refractivity contribution in [3.8, 4) is 11.1 Å². The van der Waals surface area contributed by atoms with E-state index in [1.165, 1.54) is 11.4 Å². The number of hydrogen-bond acceptors (Lipinski definition) is 5. The van der Waals surface area contributed by atoms with Crippen LogP contribution in [-0.2, 0) is 0 Å². The Kier molecular flexibility index (Phi) is 2.40. The molecule has 0 atom stereocenters. The van der Waals surface area contributed by atoms with Crippen LogP contribution >= 0.6 is 0 Å². The predicted molar refractivity (Wildman–Crippen MR) is 72.9 cm³/mol. The molecule has 0 unspecified atom stereocenters. The van der Waals surface area contributed by atoms with E-state index in [-0.39, 0.29) is 0 Å². The number of nitrogens with zero attached hydrogens (tertiary/aromatic N) is 3. The van der Waals surface area contributed by atoms with Crippen molar-refractivity contribution in [3.05, 3.63) is 24.4 Å². The van der Waals surface area contributed by atoms with Gasteiger partial charge in [0.15, 0.2) is 0 Å². The molecule has 1 aromatic heterocycles. The molecule has 0 aliphatic carbocycles. The van der Waals surface area contributed by atoms with Crippen LogP contribution < -0.4 is 15.5 Å². The molecule has 94 valence electrons. The normalized spacial score (nSPS) is 14.8. The summed E-state index contributed by atoms with van der Waals surface area (Å²) in [6.07, 6.45) is 1.67. The Labute approximate surface area is 106 Å². The Balaban J connectivity index is 2.23. The van der Waals surface area contributed by atoms with Crippen molar-refractivity contribution in [3.63, 3.8) is 0 Å². The van der Waals surface area contributed by atoms with Gasteiger partial charge in [-0.1, -0.05) is 17.3 Å². The summed E-state index contributed by atoms with van der Waals surface area (Å²) in [6, 6.07) is 6.21. The van der Waals surface area contributed by atoms with E-state index in [4.69, 9.17) is 10.3 Å². The first-order valence-electron chi connectivity index (χ1n) is 5.94. The molecule has 18 heavy (non-hydrogen) atoms. The molecule has 2 N–H and O–H groups in total. The summed E-state index contributed by atoms with van der Waals surface area (Å²) in [5.41, 5.74) is 10.1. The Morgan fingerprint density at radius 1 is 1.17 bits per heavy atom. The number of benzene rings is 1. The first-order chi connectivity index (χ1) is 8.68. The molecular formula is C13H16N4O. The predicted octanol–water partition coefficient (Wildman–Crippen LogP) is 1.81. The van der Waals surface area contributed by atoms with Gasteiger partial charge in [-0.05, 0) is 6.07 Å². The molecule has 2 aromatic rings. The number of anilines is 3. The van der Waals surface area contributed by atoms with E-state index in [9.17, 15) is 0 Å². The number of nitrogens with two attached hydrogens (primary N) is 1. The lowest BCUT2D eigenvalue weighted by Gasteiger charge is -2.36. The van der Waals surface area contributed by atoms with Crippen LogP contribution in [-0.4, -0.2) is 32.3 Å².